The smallest absolute Gasteiger partial charge is 0.298 e. The lowest BCUT2D eigenvalue weighted by atomic mass is 10.3. The molecule has 3 nitrogen and oxygen atoms in total. The molecule has 1 unspecified atom stereocenters. The Bertz CT molecular complexity index is 81.8. The maximum absolute atomic E-state index is 10.4. The molecule has 0 aliphatic rings. The van der Waals surface area contributed by atoms with Crippen molar-refractivity contribution in [3.63, 3.8) is 0 Å². The lowest BCUT2D eigenvalue weighted by Crippen LogP contribution is -2.17. The summed E-state index contributed by atoms with van der Waals surface area (Å²) in [7, 11) is 0. The van der Waals surface area contributed by atoms with Gasteiger partial charge in [-0.3, -0.25) is 4.79 Å². The van der Waals surface area contributed by atoms with E-state index in [1.165, 1.54) is 0 Å². The van der Waals surface area contributed by atoms with Gasteiger partial charge in [0.05, 0.1) is 0 Å². The van der Waals surface area contributed by atoms with Crippen LogP contribution in [0.25, 0.3) is 0 Å². The fraction of sp³-hybridized carbons (Fsp3) is 0.833. The maximum Gasteiger partial charge on any atom is 0.298 e. The zero-order valence-corrected chi connectivity index (χ0v) is 6.30. The average molecular weight is 151 g/mol. The number of halogens is 1. The van der Waals surface area contributed by atoms with E-state index in [0.717, 1.165) is 13.3 Å². The number of aliphatic hydroxyl groups is 1. The summed E-state index contributed by atoms with van der Waals surface area (Å²) in [4.78, 5) is 8.78. The molecule has 0 radical (unpaired) electrons. The molecule has 10 heavy (non-hydrogen) atoms. The molecule has 0 aromatic carbocycles. The molecule has 0 spiro atoms. The van der Waals surface area contributed by atoms with Gasteiger partial charge in [-0.05, 0) is 6.42 Å². The van der Waals surface area contributed by atoms with Crippen molar-refractivity contribution in [1.82, 2.24) is 0 Å². The number of carbonyl (C=O) groups excluding carboxylic acids is 1. The van der Waals surface area contributed by atoms with Crippen molar-refractivity contribution < 1.29 is 14.3 Å². The van der Waals surface area contributed by atoms with Crippen molar-refractivity contribution in [3.8, 4) is 0 Å². The Kier molecular flexibility index (Phi) is 10.4. The van der Waals surface area contributed by atoms with Crippen molar-refractivity contribution in [1.29, 1.82) is 0 Å². The third kappa shape index (κ3) is 50.3. The Balaban J connectivity index is 0. The topological polar surface area (TPSA) is 63.3 Å². The molecular weight excluding hydrogens is 137 g/mol. The van der Waals surface area contributed by atoms with Gasteiger partial charge in [0.15, 0.2) is 0 Å². The Morgan fingerprint density at radius 3 is 2.10 bits per heavy atom. The lowest BCUT2D eigenvalue weighted by Gasteiger charge is -1.96. The first-order chi connectivity index (χ1) is 4.50. The number of aliphatic hydroxyl groups excluding tert-OH is 1. The van der Waals surface area contributed by atoms with Crippen LogP contribution in [0.3, 0.4) is 0 Å². The van der Waals surface area contributed by atoms with E-state index in [4.69, 9.17) is 15.6 Å². The molecule has 1 atom stereocenters. The molecule has 0 saturated heterocycles. The van der Waals surface area contributed by atoms with E-state index in [0.29, 0.717) is 6.42 Å². The molecule has 0 fully saturated rings. The minimum atomic E-state index is -1.33. The van der Waals surface area contributed by atoms with E-state index in [9.17, 15) is 4.39 Å². The summed E-state index contributed by atoms with van der Waals surface area (Å²) in [5.74, 6) is 0. The fourth-order valence-electron chi connectivity index (χ4n) is 0.296. The van der Waals surface area contributed by atoms with E-state index < -0.39 is 12.3 Å². The Morgan fingerprint density at radius 1 is 1.80 bits per heavy atom. The van der Waals surface area contributed by atoms with Gasteiger partial charge in [0.1, 0.15) is 6.23 Å². The highest BCUT2D eigenvalue weighted by molar-refractivity contribution is 5.64. The molecule has 0 heterocycles. The molecule has 62 valence electrons. The third-order valence-corrected chi connectivity index (χ3v) is 0.584. The van der Waals surface area contributed by atoms with Crippen molar-refractivity contribution in [2.24, 2.45) is 5.73 Å². The van der Waals surface area contributed by atoms with E-state index >= 15 is 0 Å². The Morgan fingerprint density at radius 2 is 2.10 bits per heavy atom. The number of nitrogens with two attached hydrogens (primary N) is 1. The highest BCUT2D eigenvalue weighted by Crippen LogP contribution is 1.85. The van der Waals surface area contributed by atoms with Gasteiger partial charge in [-0.1, -0.05) is 13.3 Å². The summed E-state index contributed by atoms with van der Waals surface area (Å²) in [5, 5.41) is 8.33. The van der Waals surface area contributed by atoms with Crippen LogP contribution >= 0.6 is 0 Å². The quantitative estimate of drug-likeness (QED) is 0.448. The predicted octanol–water partition coefficient (Wildman–Crippen LogP) is 0.566. The summed E-state index contributed by atoms with van der Waals surface area (Å²) < 4.78 is 10.4. The molecule has 0 saturated carbocycles. The molecule has 0 aliphatic carbocycles. The second-order valence-electron chi connectivity index (χ2n) is 1.83. The molecule has 3 N–H and O–H groups in total. The van der Waals surface area contributed by atoms with Gasteiger partial charge in [-0.2, -0.15) is 4.39 Å². The first-order valence-corrected chi connectivity index (χ1v) is 3.10. The molecule has 0 aliphatic heterocycles. The number of carbonyl (C=O) groups is 1. The lowest BCUT2D eigenvalue weighted by molar-refractivity contribution is -0.126. The van der Waals surface area contributed by atoms with Crippen molar-refractivity contribution in [2.45, 2.75) is 32.9 Å². The van der Waals surface area contributed by atoms with E-state index in [1.54, 1.807) is 0 Å². The van der Waals surface area contributed by atoms with Crippen molar-refractivity contribution in [3.05, 3.63) is 0 Å². The van der Waals surface area contributed by atoms with Crippen LogP contribution in [-0.4, -0.2) is 17.4 Å². The van der Waals surface area contributed by atoms with Crippen LogP contribution in [0.4, 0.5) is 4.39 Å². The third-order valence-electron chi connectivity index (χ3n) is 0.584. The summed E-state index contributed by atoms with van der Waals surface area (Å²) in [6, 6.07) is -1.33. The van der Waals surface area contributed by atoms with Crippen molar-refractivity contribution >= 4 is 6.04 Å². The normalized spacial score (nSPS) is 11.3. The van der Waals surface area contributed by atoms with Crippen LogP contribution in [0, 0.1) is 0 Å². The first-order valence-electron chi connectivity index (χ1n) is 3.10. The van der Waals surface area contributed by atoms with Gasteiger partial charge >= 0.3 is 0 Å². The number of rotatable bonds is 2. The van der Waals surface area contributed by atoms with Crippen molar-refractivity contribution in [2.75, 3.05) is 0 Å². The molecule has 4 heteroatoms. The fourth-order valence-corrected chi connectivity index (χ4v) is 0.296. The van der Waals surface area contributed by atoms with Crippen LogP contribution in [0.1, 0.15) is 26.7 Å². The molecule has 0 rings (SSSR count). The zero-order chi connectivity index (χ0) is 8.57. The Hall–Kier alpha value is -0.480. The number of hydrogen-bond acceptors (Lipinski definition) is 3. The van der Waals surface area contributed by atoms with E-state index in [2.05, 4.69) is 0 Å². The first kappa shape index (κ1) is 12.2. The molecule has 0 aromatic heterocycles. The zero-order valence-electron chi connectivity index (χ0n) is 6.30. The highest BCUT2D eigenvalue weighted by Gasteiger charge is 1.87. The van der Waals surface area contributed by atoms with Crippen LogP contribution in [0.5, 0.6) is 0 Å². The van der Waals surface area contributed by atoms with Gasteiger partial charge in [0, 0.05) is 6.92 Å². The predicted molar refractivity (Wildman–Crippen MR) is 36.9 cm³/mol. The van der Waals surface area contributed by atoms with E-state index in [1.807, 2.05) is 6.92 Å². The SMILES string of the molecule is CC(=O)F.CCCC(N)O. The van der Waals surface area contributed by atoms with Gasteiger partial charge in [0.25, 0.3) is 6.04 Å². The maximum atomic E-state index is 10.4. The van der Waals surface area contributed by atoms with E-state index in [-0.39, 0.29) is 0 Å². The van der Waals surface area contributed by atoms with Gasteiger partial charge in [-0.15, -0.1) is 0 Å². The minimum Gasteiger partial charge on any atom is -0.379 e. The molecule has 0 bridgehead atoms. The summed E-state index contributed by atoms with van der Waals surface area (Å²) >= 11 is 0. The van der Waals surface area contributed by atoms with Crippen LogP contribution < -0.4 is 5.73 Å². The molecule has 0 aromatic rings. The number of hydrogen-bond donors (Lipinski definition) is 2. The van der Waals surface area contributed by atoms with Crippen LogP contribution in [0.15, 0.2) is 0 Å². The average Bonchev–Trinajstić information content (AvgIpc) is 1.62. The van der Waals surface area contributed by atoms with Crippen LogP contribution in [0.2, 0.25) is 0 Å². The second kappa shape index (κ2) is 8.52. The summed E-state index contributed by atoms with van der Waals surface area (Å²) in [5.41, 5.74) is 4.96. The standard InChI is InChI=1S/C4H11NO.C2H3FO/c1-2-3-4(5)6;1-2(3)4/h4,6H,2-3,5H2,1H3;1H3. The highest BCUT2D eigenvalue weighted by atomic mass is 19.1. The Labute approximate surface area is 60.0 Å². The molecular formula is C6H14FNO2. The summed E-state index contributed by atoms with van der Waals surface area (Å²) in [6.45, 7) is 2.84. The monoisotopic (exact) mass is 151 g/mol. The summed E-state index contributed by atoms with van der Waals surface area (Å²) in [6.07, 6.45) is 1.06. The van der Waals surface area contributed by atoms with Gasteiger partial charge in [0.2, 0.25) is 0 Å². The van der Waals surface area contributed by atoms with Gasteiger partial charge in [-0.25, -0.2) is 0 Å². The van der Waals surface area contributed by atoms with Gasteiger partial charge < -0.3 is 10.8 Å². The minimum absolute atomic E-state index is 0.602. The second-order valence-corrected chi connectivity index (χ2v) is 1.83. The van der Waals surface area contributed by atoms with Crippen LogP contribution in [-0.2, 0) is 4.79 Å². The largest absolute Gasteiger partial charge is 0.379 e. The molecule has 0 amide bonds.